The maximum Gasteiger partial charge on any atom is 0.0945 e. The van der Waals surface area contributed by atoms with Gasteiger partial charge in [0.25, 0.3) is 0 Å². The van der Waals surface area contributed by atoms with Crippen molar-refractivity contribution in [3.63, 3.8) is 0 Å². The third kappa shape index (κ3) is 4.95. The summed E-state index contributed by atoms with van der Waals surface area (Å²) in [5.74, 6) is 0. The Morgan fingerprint density at radius 3 is 2.87 bits per heavy atom. The molecule has 1 N–H and O–H groups in total. The summed E-state index contributed by atoms with van der Waals surface area (Å²) in [4.78, 5) is 4.00. The van der Waals surface area contributed by atoms with Gasteiger partial charge in [-0.3, -0.25) is 0 Å². The first kappa shape index (κ1) is 12.2. The van der Waals surface area contributed by atoms with E-state index >= 15 is 0 Å². The number of aryl methyl sites for hydroxylation is 1. The fourth-order valence-corrected chi connectivity index (χ4v) is 1.52. The van der Waals surface area contributed by atoms with E-state index in [2.05, 4.69) is 28.7 Å². The minimum Gasteiger partial charge on any atom is -0.383 e. The van der Waals surface area contributed by atoms with Crippen LogP contribution in [0.3, 0.4) is 0 Å². The fraction of sp³-hybridized carbons (Fsp3) is 0.727. The summed E-state index contributed by atoms with van der Waals surface area (Å²) in [6, 6.07) is 0. The van der Waals surface area contributed by atoms with Crippen molar-refractivity contribution >= 4 is 0 Å². The highest BCUT2D eigenvalue weighted by molar-refractivity contribution is 4.77. The normalized spacial score (nSPS) is 11.9. The predicted molar refractivity (Wildman–Crippen MR) is 60.8 cm³/mol. The Balaban J connectivity index is 2.11. The van der Waals surface area contributed by atoms with Gasteiger partial charge in [-0.15, -0.1) is 0 Å². The SMILES string of the molecule is COCC(C)(C)NCCCn1ccnc1. The Bertz CT molecular complexity index is 257. The lowest BCUT2D eigenvalue weighted by Gasteiger charge is -2.25. The van der Waals surface area contributed by atoms with E-state index in [0.29, 0.717) is 0 Å². The van der Waals surface area contributed by atoms with E-state index in [-0.39, 0.29) is 5.54 Å². The summed E-state index contributed by atoms with van der Waals surface area (Å²) in [6.45, 7) is 7.03. The predicted octanol–water partition coefficient (Wildman–Crippen LogP) is 1.29. The summed E-state index contributed by atoms with van der Waals surface area (Å²) in [7, 11) is 1.73. The lowest BCUT2D eigenvalue weighted by Crippen LogP contribution is -2.43. The van der Waals surface area contributed by atoms with E-state index < -0.39 is 0 Å². The van der Waals surface area contributed by atoms with Crippen molar-refractivity contribution in [2.45, 2.75) is 32.4 Å². The molecule has 1 aromatic rings. The molecule has 0 fully saturated rings. The van der Waals surface area contributed by atoms with Crippen molar-refractivity contribution in [1.29, 1.82) is 0 Å². The van der Waals surface area contributed by atoms with Gasteiger partial charge in [0.05, 0.1) is 12.9 Å². The molecule has 0 aliphatic carbocycles. The van der Waals surface area contributed by atoms with Crippen LogP contribution >= 0.6 is 0 Å². The second kappa shape index (κ2) is 5.88. The third-order valence-corrected chi connectivity index (χ3v) is 2.26. The van der Waals surface area contributed by atoms with E-state index in [1.807, 2.05) is 18.7 Å². The van der Waals surface area contributed by atoms with Crippen LogP contribution in [-0.4, -0.2) is 35.4 Å². The van der Waals surface area contributed by atoms with Crippen LogP contribution < -0.4 is 5.32 Å². The largest absolute Gasteiger partial charge is 0.383 e. The number of aromatic nitrogens is 2. The van der Waals surface area contributed by atoms with E-state index in [1.54, 1.807) is 7.11 Å². The average Bonchev–Trinajstić information content (AvgIpc) is 2.65. The first-order valence-electron chi connectivity index (χ1n) is 5.34. The lowest BCUT2D eigenvalue weighted by atomic mass is 10.1. The first-order valence-corrected chi connectivity index (χ1v) is 5.34. The van der Waals surface area contributed by atoms with Crippen LogP contribution in [0.25, 0.3) is 0 Å². The smallest absolute Gasteiger partial charge is 0.0945 e. The number of nitrogens with zero attached hydrogens (tertiary/aromatic N) is 2. The fourth-order valence-electron chi connectivity index (χ4n) is 1.52. The van der Waals surface area contributed by atoms with Crippen LogP contribution in [0.1, 0.15) is 20.3 Å². The molecule has 0 saturated carbocycles. The first-order chi connectivity index (χ1) is 7.14. The maximum atomic E-state index is 5.13. The number of rotatable bonds is 7. The Labute approximate surface area is 91.7 Å². The van der Waals surface area contributed by atoms with Crippen LogP contribution in [0.2, 0.25) is 0 Å². The van der Waals surface area contributed by atoms with Gasteiger partial charge in [0.1, 0.15) is 0 Å². The zero-order chi connectivity index (χ0) is 11.1. The highest BCUT2D eigenvalue weighted by Crippen LogP contribution is 2.02. The number of methoxy groups -OCH3 is 1. The summed E-state index contributed by atoms with van der Waals surface area (Å²) in [5.41, 5.74) is 0.0592. The second-order valence-corrected chi connectivity index (χ2v) is 4.40. The number of hydrogen-bond acceptors (Lipinski definition) is 3. The van der Waals surface area contributed by atoms with Crippen molar-refractivity contribution in [3.05, 3.63) is 18.7 Å². The molecular weight excluding hydrogens is 190 g/mol. The minimum atomic E-state index is 0.0592. The molecule has 0 bridgehead atoms. The molecule has 0 saturated heterocycles. The molecular formula is C11H21N3O. The molecule has 0 aliphatic heterocycles. The molecule has 0 aromatic carbocycles. The molecule has 0 unspecified atom stereocenters. The Kier molecular flexibility index (Phi) is 4.78. The molecule has 0 atom stereocenters. The molecule has 0 spiro atoms. The maximum absolute atomic E-state index is 5.13. The van der Waals surface area contributed by atoms with Crippen molar-refractivity contribution in [2.75, 3.05) is 20.3 Å². The summed E-state index contributed by atoms with van der Waals surface area (Å²) >= 11 is 0. The average molecular weight is 211 g/mol. The van der Waals surface area contributed by atoms with Gasteiger partial charge < -0.3 is 14.6 Å². The standard InChI is InChI=1S/C11H21N3O/c1-11(2,9-15-3)13-5-4-7-14-8-6-12-10-14/h6,8,10,13H,4-5,7,9H2,1-3H3. The molecule has 0 amide bonds. The summed E-state index contributed by atoms with van der Waals surface area (Å²) in [5, 5.41) is 3.46. The second-order valence-electron chi connectivity index (χ2n) is 4.40. The van der Waals surface area contributed by atoms with Gasteiger partial charge in [-0.25, -0.2) is 4.98 Å². The highest BCUT2D eigenvalue weighted by Gasteiger charge is 2.15. The zero-order valence-electron chi connectivity index (χ0n) is 9.86. The summed E-state index contributed by atoms with van der Waals surface area (Å²) < 4.78 is 7.22. The van der Waals surface area contributed by atoms with Crippen LogP contribution in [-0.2, 0) is 11.3 Å². The third-order valence-electron chi connectivity index (χ3n) is 2.26. The van der Waals surface area contributed by atoms with Gasteiger partial charge in [0, 0.05) is 31.6 Å². The molecule has 1 aromatic heterocycles. The van der Waals surface area contributed by atoms with Gasteiger partial charge in [0.2, 0.25) is 0 Å². The van der Waals surface area contributed by atoms with Gasteiger partial charge in [0.15, 0.2) is 0 Å². The Morgan fingerprint density at radius 2 is 2.27 bits per heavy atom. The highest BCUT2D eigenvalue weighted by atomic mass is 16.5. The molecule has 0 aliphatic rings. The van der Waals surface area contributed by atoms with Crippen molar-refractivity contribution in [2.24, 2.45) is 0 Å². The van der Waals surface area contributed by atoms with Crippen LogP contribution in [0.5, 0.6) is 0 Å². The van der Waals surface area contributed by atoms with E-state index in [1.165, 1.54) is 0 Å². The van der Waals surface area contributed by atoms with E-state index in [9.17, 15) is 0 Å². The van der Waals surface area contributed by atoms with Crippen LogP contribution in [0, 0.1) is 0 Å². The topological polar surface area (TPSA) is 39.1 Å². The summed E-state index contributed by atoms with van der Waals surface area (Å²) in [6.07, 6.45) is 6.74. The molecule has 0 radical (unpaired) electrons. The molecule has 86 valence electrons. The quantitative estimate of drug-likeness (QED) is 0.691. The molecule has 15 heavy (non-hydrogen) atoms. The van der Waals surface area contributed by atoms with Gasteiger partial charge in [-0.2, -0.15) is 0 Å². The molecule has 4 heteroatoms. The van der Waals surface area contributed by atoms with Gasteiger partial charge >= 0.3 is 0 Å². The number of nitrogens with one attached hydrogen (secondary N) is 1. The van der Waals surface area contributed by atoms with Crippen molar-refractivity contribution in [1.82, 2.24) is 14.9 Å². The minimum absolute atomic E-state index is 0.0592. The van der Waals surface area contributed by atoms with Crippen molar-refractivity contribution in [3.8, 4) is 0 Å². The number of hydrogen-bond donors (Lipinski definition) is 1. The van der Waals surface area contributed by atoms with E-state index in [4.69, 9.17) is 4.74 Å². The van der Waals surface area contributed by atoms with E-state index in [0.717, 1.165) is 26.1 Å². The van der Waals surface area contributed by atoms with Crippen molar-refractivity contribution < 1.29 is 4.74 Å². The zero-order valence-corrected chi connectivity index (χ0v) is 9.86. The Morgan fingerprint density at radius 1 is 1.47 bits per heavy atom. The van der Waals surface area contributed by atoms with Crippen LogP contribution in [0.15, 0.2) is 18.7 Å². The van der Waals surface area contributed by atoms with Gasteiger partial charge in [-0.05, 0) is 26.8 Å². The monoisotopic (exact) mass is 211 g/mol. The molecule has 1 heterocycles. The number of imidazole rings is 1. The number of ether oxygens (including phenoxy) is 1. The van der Waals surface area contributed by atoms with Crippen LogP contribution in [0.4, 0.5) is 0 Å². The molecule has 1 rings (SSSR count). The molecule has 4 nitrogen and oxygen atoms in total. The Hall–Kier alpha value is -0.870. The lowest BCUT2D eigenvalue weighted by molar-refractivity contribution is 0.128. The van der Waals surface area contributed by atoms with Gasteiger partial charge in [-0.1, -0.05) is 0 Å².